The molecule has 0 aliphatic heterocycles. The van der Waals surface area contributed by atoms with Crippen LogP contribution in [0.1, 0.15) is 11.1 Å². The predicted octanol–water partition coefficient (Wildman–Crippen LogP) is 3.92. The van der Waals surface area contributed by atoms with Crippen molar-refractivity contribution >= 4 is 17.5 Å². The van der Waals surface area contributed by atoms with E-state index in [1.165, 1.54) is 13.2 Å². The molecule has 110 valence electrons. The SMILES string of the molecule is COC(=O)Nc1ccc(NCc2cc(C)ccc2F)cc1. The molecular weight excluding hydrogens is 271 g/mol. The van der Waals surface area contributed by atoms with E-state index in [1.54, 1.807) is 30.3 Å². The van der Waals surface area contributed by atoms with Gasteiger partial charge in [0.05, 0.1) is 7.11 Å². The van der Waals surface area contributed by atoms with Crippen molar-refractivity contribution in [2.24, 2.45) is 0 Å². The third-order valence-corrected chi connectivity index (χ3v) is 3.00. The van der Waals surface area contributed by atoms with Crippen LogP contribution >= 0.6 is 0 Å². The van der Waals surface area contributed by atoms with Gasteiger partial charge in [-0.15, -0.1) is 0 Å². The Kier molecular flexibility index (Phi) is 4.77. The van der Waals surface area contributed by atoms with Crippen molar-refractivity contribution < 1.29 is 13.9 Å². The Hall–Kier alpha value is -2.56. The van der Waals surface area contributed by atoms with Crippen LogP contribution in [0.15, 0.2) is 42.5 Å². The van der Waals surface area contributed by atoms with Crippen molar-refractivity contribution in [2.75, 3.05) is 17.7 Å². The molecule has 0 bridgehead atoms. The number of amides is 1. The number of rotatable bonds is 4. The summed E-state index contributed by atoms with van der Waals surface area (Å²) >= 11 is 0. The monoisotopic (exact) mass is 288 g/mol. The fraction of sp³-hybridized carbons (Fsp3) is 0.188. The molecule has 0 radical (unpaired) electrons. The molecule has 0 aromatic heterocycles. The fourth-order valence-electron chi connectivity index (χ4n) is 1.88. The van der Waals surface area contributed by atoms with E-state index in [4.69, 9.17) is 0 Å². The highest BCUT2D eigenvalue weighted by Gasteiger charge is 2.03. The van der Waals surface area contributed by atoms with Gasteiger partial charge in [-0.25, -0.2) is 9.18 Å². The summed E-state index contributed by atoms with van der Waals surface area (Å²) in [4.78, 5) is 11.1. The van der Waals surface area contributed by atoms with E-state index in [9.17, 15) is 9.18 Å². The molecule has 0 heterocycles. The molecule has 1 amide bonds. The lowest BCUT2D eigenvalue weighted by molar-refractivity contribution is 0.187. The van der Waals surface area contributed by atoms with Crippen LogP contribution < -0.4 is 10.6 Å². The van der Waals surface area contributed by atoms with Crippen LogP contribution in [-0.4, -0.2) is 13.2 Å². The van der Waals surface area contributed by atoms with Crippen molar-refractivity contribution in [3.05, 3.63) is 59.4 Å². The van der Waals surface area contributed by atoms with Gasteiger partial charge in [0.15, 0.2) is 0 Å². The van der Waals surface area contributed by atoms with Crippen LogP contribution in [0.3, 0.4) is 0 Å². The molecule has 2 N–H and O–H groups in total. The maximum Gasteiger partial charge on any atom is 0.411 e. The quantitative estimate of drug-likeness (QED) is 0.896. The highest BCUT2D eigenvalue weighted by atomic mass is 19.1. The molecule has 2 aromatic rings. The smallest absolute Gasteiger partial charge is 0.411 e. The van der Waals surface area contributed by atoms with E-state index in [-0.39, 0.29) is 5.82 Å². The summed E-state index contributed by atoms with van der Waals surface area (Å²) in [5.74, 6) is -0.225. The number of ether oxygens (including phenoxy) is 1. The summed E-state index contributed by atoms with van der Waals surface area (Å²) in [6.07, 6.45) is -0.516. The molecular formula is C16H17FN2O2. The first-order chi connectivity index (χ1) is 10.1. The maximum absolute atomic E-state index is 13.6. The summed E-state index contributed by atoms with van der Waals surface area (Å²) in [6, 6.07) is 12.1. The van der Waals surface area contributed by atoms with Crippen LogP contribution in [-0.2, 0) is 11.3 Å². The van der Waals surface area contributed by atoms with Gasteiger partial charge in [0.2, 0.25) is 0 Å². The minimum Gasteiger partial charge on any atom is -0.453 e. The Bertz CT molecular complexity index is 627. The number of hydrogen-bond acceptors (Lipinski definition) is 3. The van der Waals surface area contributed by atoms with Gasteiger partial charge in [0.25, 0.3) is 0 Å². The van der Waals surface area contributed by atoms with Gasteiger partial charge in [-0.05, 0) is 37.3 Å². The molecule has 5 heteroatoms. The summed E-state index contributed by atoms with van der Waals surface area (Å²) in [6.45, 7) is 2.33. The number of nitrogens with one attached hydrogen (secondary N) is 2. The molecule has 0 aliphatic carbocycles. The number of methoxy groups -OCH3 is 1. The lowest BCUT2D eigenvalue weighted by Gasteiger charge is -2.09. The number of carbonyl (C=O) groups excluding carboxylic acids is 1. The second-order valence-corrected chi connectivity index (χ2v) is 4.64. The summed E-state index contributed by atoms with van der Waals surface area (Å²) in [7, 11) is 1.31. The fourth-order valence-corrected chi connectivity index (χ4v) is 1.88. The molecule has 4 nitrogen and oxygen atoms in total. The van der Waals surface area contributed by atoms with Gasteiger partial charge in [0.1, 0.15) is 5.82 Å². The Morgan fingerprint density at radius 3 is 2.48 bits per heavy atom. The van der Waals surface area contributed by atoms with Gasteiger partial charge in [-0.1, -0.05) is 17.7 Å². The summed E-state index contributed by atoms with van der Waals surface area (Å²) < 4.78 is 18.1. The van der Waals surface area contributed by atoms with Crippen LogP contribution in [0, 0.1) is 12.7 Å². The zero-order chi connectivity index (χ0) is 15.2. The molecule has 0 saturated carbocycles. The molecule has 0 saturated heterocycles. The van der Waals surface area contributed by atoms with Crippen molar-refractivity contribution in [3.63, 3.8) is 0 Å². The lowest BCUT2D eigenvalue weighted by Crippen LogP contribution is -2.10. The lowest BCUT2D eigenvalue weighted by atomic mass is 10.1. The third kappa shape index (κ3) is 4.21. The molecule has 0 spiro atoms. The molecule has 0 aliphatic rings. The van der Waals surface area contributed by atoms with Crippen LogP contribution in [0.25, 0.3) is 0 Å². The average Bonchev–Trinajstić information content (AvgIpc) is 2.49. The van der Waals surface area contributed by atoms with E-state index in [2.05, 4.69) is 15.4 Å². The number of carbonyl (C=O) groups is 1. The first kappa shape index (κ1) is 14.8. The summed E-state index contributed by atoms with van der Waals surface area (Å²) in [5.41, 5.74) is 3.11. The molecule has 2 aromatic carbocycles. The molecule has 0 atom stereocenters. The van der Waals surface area contributed by atoms with Crippen LogP contribution in [0.2, 0.25) is 0 Å². The Morgan fingerprint density at radius 1 is 1.14 bits per heavy atom. The zero-order valence-electron chi connectivity index (χ0n) is 11.9. The van der Waals surface area contributed by atoms with Crippen molar-refractivity contribution in [1.82, 2.24) is 0 Å². The van der Waals surface area contributed by atoms with Crippen molar-refractivity contribution in [3.8, 4) is 0 Å². The number of hydrogen-bond donors (Lipinski definition) is 2. The minimum absolute atomic E-state index is 0.225. The maximum atomic E-state index is 13.6. The first-order valence-corrected chi connectivity index (χ1v) is 6.52. The predicted molar refractivity (Wildman–Crippen MR) is 80.9 cm³/mol. The number of benzene rings is 2. The molecule has 0 unspecified atom stereocenters. The summed E-state index contributed by atoms with van der Waals surface area (Å²) in [5, 5.41) is 5.70. The number of aryl methyl sites for hydroxylation is 1. The number of halogens is 1. The Morgan fingerprint density at radius 2 is 1.81 bits per heavy atom. The Labute approximate surface area is 122 Å². The van der Waals surface area contributed by atoms with Crippen molar-refractivity contribution in [2.45, 2.75) is 13.5 Å². The topological polar surface area (TPSA) is 50.4 Å². The largest absolute Gasteiger partial charge is 0.453 e. The van der Waals surface area contributed by atoms with E-state index >= 15 is 0 Å². The van der Waals surface area contributed by atoms with Crippen molar-refractivity contribution in [1.29, 1.82) is 0 Å². The van der Waals surface area contributed by atoms with Gasteiger partial charge in [-0.3, -0.25) is 5.32 Å². The van der Waals surface area contributed by atoms with Gasteiger partial charge in [0, 0.05) is 23.5 Å². The Balaban J connectivity index is 1.97. The van der Waals surface area contributed by atoms with E-state index < -0.39 is 6.09 Å². The van der Waals surface area contributed by atoms with E-state index in [1.807, 2.05) is 13.0 Å². The zero-order valence-corrected chi connectivity index (χ0v) is 11.9. The second-order valence-electron chi connectivity index (χ2n) is 4.64. The molecule has 21 heavy (non-hydrogen) atoms. The average molecular weight is 288 g/mol. The normalized spacial score (nSPS) is 10.0. The van der Waals surface area contributed by atoms with Crippen LogP contribution in [0.5, 0.6) is 0 Å². The second kappa shape index (κ2) is 6.74. The third-order valence-electron chi connectivity index (χ3n) is 3.00. The minimum atomic E-state index is -0.516. The highest BCUT2D eigenvalue weighted by Crippen LogP contribution is 2.16. The van der Waals surface area contributed by atoms with Gasteiger partial charge < -0.3 is 10.1 Å². The van der Waals surface area contributed by atoms with Gasteiger partial charge >= 0.3 is 6.09 Å². The van der Waals surface area contributed by atoms with E-state index in [0.717, 1.165) is 11.3 Å². The standard InChI is InChI=1S/C16H17FN2O2/c1-11-3-8-15(17)12(9-11)10-18-13-4-6-14(7-5-13)19-16(20)21-2/h3-9,18H,10H2,1-2H3,(H,19,20). The van der Waals surface area contributed by atoms with E-state index in [0.29, 0.717) is 17.8 Å². The van der Waals surface area contributed by atoms with Crippen LogP contribution in [0.4, 0.5) is 20.6 Å². The highest BCUT2D eigenvalue weighted by molar-refractivity contribution is 5.84. The van der Waals surface area contributed by atoms with Gasteiger partial charge in [-0.2, -0.15) is 0 Å². The first-order valence-electron chi connectivity index (χ1n) is 6.52. The molecule has 2 rings (SSSR count). The number of anilines is 2. The molecule has 0 fully saturated rings.